The molecule has 5 rings (SSSR count). The number of nitrogens with one attached hydrogen (secondary N) is 1. The minimum atomic E-state index is -4.08. The van der Waals surface area contributed by atoms with Gasteiger partial charge in [0.05, 0.1) is 24.5 Å². The Morgan fingerprint density at radius 2 is 2.05 bits per heavy atom. The van der Waals surface area contributed by atoms with E-state index >= 15 is 4.39 Å². The monoisotopic (exact) mass is 593 g/mol. The minimum Gasteiger partial charge on any atom is -0.387 e. The highest BCUT2D eigenvalue weighted by Crippen LogP contribution is 2.47. The topological polar surface area (TPSA) is 190 Å². The van der Waals surface area contributed by atoms with E-state index in [1.165, 1.54) is 23.0 Å². The van der Waals surface area contributed by atoms with E-state index < -0.39 is 43.9 Å². The molecule has 1 fully saturated rings. The van der Waals surface area contributed by atoms with Gasteiger partial charge < -0.3 is 15.6 Å². The Bertz CT molecular complexity index is 1560. The van der Waals surface area contributed by atoms with Gasteiger partial charge in [-0.3, -0.25) is 23.7 Å². The summed E-state index contributed by atoms with van der Waals surface area (Å²) >= 11 is 0.871. The number of hydrogen-bond donors (Lipinski definition) is 3. The van der Waals surface area contributed by atoms with E-state index in [4.69, 9.17) is 19.5 Å². The molecule has 0 bridgehead atoms. The number of imidazole rings is 1. The van der Waals surface area contributed by atoms with Crippen molar-refractivity contribution in [2.45, 2.75) is 44.7 Å². The van der Waals surface area contributed by atoms with Crippen LogP contribution in [0.25, 0.3) is 11.2 Å². The third kappa shape index (κ3) is 6.02. The zero-order chi connectivity index (χ0) is 28.4. The molecule has 0 spiro atoms. The zero-order valence-corrected chi connectivity index (χ0v) is 22.7. The molecule has 4 aromatic rings. The molecule has 212 valence electrons. The van der Waals surface area contributed by atoms with Gasteiger partial charge in [-0.1, -0.05) is 41.7 Å². The number of nitro groups is 1. The lowest BCUT2D eigenvalue weighted by Gasteiger charge is -2.22. The summed E-state index contributed by atoms with van der Waals surface area (Å²) in [6.07, 6.45) is -4.78. The van der Waals surface area contributed by atoms with Crippen molar-refractivity contribution in [3.05, 3.63) is 75.2 Å². The Kier molecular flexibility index (Phi) is 8.19. The van der Waals surface area contributed by atoms with Crippen LogP contribution in [-0.2, 0) is 31.5 Å². The van der Waals surface area contributed by atoms with Gasteiger partial charge >= 0.3 is 12.7 Å². The molecule has 4 N–H and O–H groups in total. The number of nitrogens with two attached hydrogens (primary N) is 1. The predicted molar refractivity (Wildman–Crippen MR) is 142 cm³/mol. The fraction of sp³-hybridized carbons (Fsp3) is 0.348. The highest BCUT2D eigenvalue weighted by molar-refractivity contribution is 7.51. The van der Waals surface area contributed by atoms with E-state index in [-0.39, 0.29) is 35.1 Å². The van der Waals surface area contributed by atoms with E-state index in [2.05, 4.69) is 20.0 Å². The van der Waals surface area contributed by atoms with Crippen molar-refractivity contribution >= 4 is 41.1 Å². The van der Waals surface area contributed by atoms with Gasteiger partial charge in [-0.05, 0) is 18.6 Å². The summed E-state index contributed by atoms with van der Waals surface area (Å²) in [5.41, 5.74) is 7.17. The Labute approximate surface area is 230 Å². The van der Waals surface area contributed by atoms with Gasteiger partial charge in [-0.2, -0.15) is 0 Å². The number of anilines is 1. The summed E-state index contributed by atoms with van der Waals surface area (Å²) < 4.78 is 47.1. The number of benzene rings is 1. The number of nitrogens with zero attached hydrogens (tertiary/aromatic N) is 5. The van der Waals surface area contributed by atoms with Crippen molar-refractivity contribution in [1.29, 1.82) is 0 Å². The van der Waals surface area contributed by atoms with Crippen LogP contribution in [0.4, 0.5) is 15.2 Å². The van der Waals surface area contributed by atoms with Gasteiger partial charge in [-0.25, -0.2) is 29.0 Å². The number of halogens is 1. The van der Waals surface area contributed by atoms with Crippen LogP contribution in [0.1, 0.15) is 22.5 Å². The van der Waals surface area contributed by atoms with Crippen LogP contribution in [0.15, 0.2) is 48.8 Å². The first-order valence-electron chi connectivity index (χ1n) is 12.0. The Hall–Kier alpha value is -3.37. The number of aryl methyl sites for hydroxylation is 1. The largest absolute Gasteiger partial charge is 0.406 e. The van der Waals surface area contributed by atoms with E-state index in [1.807, 2.05) is 6.07 Å². The molecule has 4 heterocycles. The number of aromatic nitrogens is 4. The summed E-state index contributed by atoms with van der Waals surface area (Å²) in [6, 6.07) is 11.8. The highest BCUT2D eigenvalue weighted by atomic mass is 32.1. The molecule has 14 nitrogen and oxygen atoms in total. The summed E-state index contributed by atoms with van der Waals surface area (Å²) in [4.78, 5) is 23.3. The van der Waals surface area contributed by atoms with Gasteiger partial charge in [0.25, 0.3) is 0 Å². The predicted octanol–water partition coefficient (Wildman–Crippen LogP) is 3.41. The molecular weight excluding hydrogens is 568 g/mol. The maximum absolute atomic E-state index is 15.2. The van der Waals surface area contributed by atoms with Crippen LogP contribution >= 0.6 is 19.1 Å². The van der Waals surface area contributed by atoms with Crippen molar-refractivity contribution in [2.24, 2.45) is 0 Å². The van der Waals surface area contributed by atoms with Crippen LogP contribution in [-0.4, -0.2) is 54.5 Å². The third-order valence-corrected chi connectivity index (χ3v) is 8.57. The van der Waals surface area contributed by atoms with Crippen LogP contribution in [0.2, 0.25) is 0 Å². The van der Waals surface area contributed by atoms with E-state index in [0.29, 0.717) is 10.7 Å². The molecule has 0 saturated carbocycles. The number of aliphatic hydroxyl groups is 1. The maximum Gasteiger partial charge on any atom is 0.406 e. The van der Waals surface area contributed by atoms with Crippen LogP contribution in [0, 0.1) is 17.0 Å². The molecule has 1 aromatic carbocycles. The normalized spacial score (nSPS) is 22.5. The molecule has 0 aliphatic carbocycles. The number of ether oxygens (including phenoxy) is 1. The molecule has 0 radical (unpaired) electrons. The van der Waals surface area contributed by atoms with Gasteiger partial charge in [0.1, 0.15) is 23.5 Å². The lowest BCUT2D eigenvalue weighted by molar-refractivity contribution is -0.380. The second-order valence-corrected chi connectivity index (χ2v) is 11.8. The number of alkyl halides is 1. The first-order chi connectivity index (χ1) is 19.1. The fourth-order valence-electron chi connectivity index (χ4n) is 4.08. The number of fused-ring (bicyclic) bond motifs is 1. The maximum atomic E-state index is 15.2. The van der Waals surface area contributed by atoms with Crippen LogP contribution < -0.4 is 10.8 Å². The van der Waals surface area contributed by atoms with E-state index in [9.17, 15) is 19.8 Å². The molecule has 0 amide bonds. The van der Waals surface area contributed by atoms with E-state index in [1.54, 1.807) is 31.2 Å². The van der Waals surface area contributed by atoms with Crippen molar-refractivity contribution < 1.29 is 32.8 Å². The molecule has 1 aliphatic rings. The summed E-state index contributed by atoms with van der Waals surface area (Å²) in [5, 5.41) is 24.2. The second-order valence-electron chi connectivity index (χ2n) is 8.86. The van der Waals surface area contributed by atoms with Crippen molar-refractivity contribution in [3.8, 4) is 0 Å². The zero-order valence-electron chi connectivity index (χ0n) is 21.0. The lowest BCUT2D eigenvalue weighted by atomic mass is 10.1. The third-order valence-electron chi connectivity index (χ3n) is 6.06. The van der Waals surface area contributed by atoms with Gasteiger partial charge in [-0.15, -0.1) is 0 Å². The Morgan fingerprint density at radius 3 is 2.77 bits per heavy atom. The van der Waals surface area contributed by atoms with Gasteiger partial charge in [0.15, 0.2) is 23.9 Å². The fourth-order valence-corrected chi connectivity index (χ4v) is 6.18. The minimum absolute atomic E-state index is 0.0941. The quantitative estimate of drug-likeness (QED) is 0.131. The number of thiophene rings is 1. The smallest absolute Gasteiger partial charge is 0.387 e. The molecule has 40 heavy (non-hydrogen) atoms. The molecule has 5 atom stereocenters. The average molecular weight is 594 g/mol. The average Bonchev–Trinajstić information content (AvgIpc) is 3.65. The number of hydrogen-bond acceptors (Lipinski definition) is 12. The Balaban J connectivity index is 1.30. The SMILES string of the molecule is Cc1nc(N)c2ncn([C@@H]3O[C@H](COP(=O)(NCc4ccccc4)OCc4ccc([N+](=O)[O-])s4)C(O)[C@H]3F)c2n1. The summed E-state index contributed by atoms with van der Waals surface area (Å²) in [5.74, 6) is 0.466. The molecule has 17 heteroatoms. The summed E-state index contributed by atoms with van der Waals surface area (Å²) in [7, 11) is -4.08. The number of aliphatic hydroxyl groups excluding tert-OH is 1. The highest BCUT2D eigenvalue weighted by Gasteiger charge is 2.47. The first kappa shape index (κ1) is 28.2. The van der Waals surface area contributed by atoms with E-state index in [0.717, 1.165) is 16.9 Å². The number of rotatable bonds is 11. The van der Waals surface area contributed by atoms with Crippen LogP contribution in [0.5, 0.6) is 0 Å². The molecule has 1 saturated heterocycles. The van der Waals surface area contributed by atoms with Gasteiger partial charge in [0, 0.05) is 17.5 Å². The van der Waals surface area contributed by atoms with Crippen molar-refractivity contribution in [1.82, 2.24) is 24.6 Å². The first-order valence-corrected chi connectivity index (χ1v) is 14.3. The molecular formula is C23H25FN7O7PS. The van der Waals surface area contributed by atoms with Crippen molar-refractivity contribution in [3.63, 3.8) is 0 Å². The number of nitrogen functional groups attached to an aromatic ring is 1. The van der Waals surface area contributed by atoms with Crippen molar-refractivity contribution in [2.75, 3.05) is 12.3 Å². The summed E-state index contributed by atoms with van der Waals surface area (Å²) in [6.45, 7) is 0.980. The molecule has 3 aromatic heterocycles. The standard InChI is InChI=1S/C23H25FN7O7PS/c1-13-28-21(25)19-22(29-13)30(12-26-19)23-18(24)20(32)16(38-23)11-37-39(35,27-9-14-5-3-2-4-6-14)36-10-15-7-8-17(40-15)31(33)34/h2-8,12,16,18,20,23,32H,9-11H2,1H3,(H,27,35)(H2,25,28,29)/t16-,18-,20?,23-,39?/m1/s1. The molecule has 1 aliphatic heterocycles. The van der Waals surface area contributed by atoms with Gasteiger partial charge in [0.2, 0.25) is 0 Å². The van der Waals surface area contributed by atoms with Crippen LogP contribution in [0.3, 0.4) is 0 Å². The second kappa shape index (κ2) is 11.6. The molecule has 2 unspecified atom stereocenters. The Morgan fingerprint density at radius 1 is 1.27 bits per heavy atom. The lowest BCUT2D eigenvalue weighted by Crippen LogP contribution is -2.32.